The number of imide groups is 2. The van der Waals surface area contributed by atoms with Crippen molar-refractivity contribution in [1.82, 2.24) is 10.2 Å². The molecule has 0 bridgehead atoms. The normalized spacial score (nSPS) is 27.1. The minimum atomic E-state index is -0.991. The molecular weight excluding hydrogens is 354 g/mol. The fraction of sp³-hybridized carbons (Fsp3) is 0.389. The number of carbonyl (C=O) groups is 5. The van der Waals surface area contributed by atoms with Gasteiger partial charge in [-0.05, 0) is 37.5 Å². The Morgan fingerprint density at radius 3 is 2.48 bits per heavy atom. The van der Waals surface area contributed by atoms with Gasteiger partial charge >= 0.3 is 5.97 Å². The number of nitrogens with one attached hydrogen (secondary N) is 2. The van der Waals surface area contributed by atoms with Crippen molar-refractivity contribution in [3.8, 4) is 0 Å². The summed E-state index contributed by atoms with van der Waals surface area (Å²) in [7, 11) is 0. The van der Waals surface area contributed by atoms with Gasteiger partial charge in [-0.3, -0.25) is 34.2 Å². The van der Waals surface area contributed by atoms with Crippen LogP contribution in [0.4, 0.5) is 5.69 Å². The monoisotopic (exact) mass is 371 g/mol. The molecule has 2 heterocycles. The van der Waals surface area contributed by atoms with Gasteiger partial charge in [-0.25, -0.2) is 0 Å². The van der Waals surface area contributed by atoms with E-state index in [4.69, 9.17) is 5.11 Å². The molecule has 9 nitrogen and oxygen atoms in total. The Bertz CT molecular complexity index is 889. The molecule has 1 saturated heterocycles. The van der Waals surface area contributed by atoms with E-state index in [0.717, 1.165) is 4.90 Å². The van der Waals surface area contributed by atoms with E-state index in [0.29, 0.717) is 18.5 Å². The lowest BCUT2D eigenvalue weighted by atomic mass is 9.80. The SMILES string of the molecule is O=C1CCC(N2C(=O)c3ccc(NC4CC(C(=O)O)C4)cc3C2=O)C(=O)N1. The van der Waals surface area contributed by atoms with Crippen molar-refractivity contribution in [3.63, 3.8) is 0 Å². The molecule has 0 spiro atoms. The second-order valence-corrected chi connectivity index (χ2v) is 7.06. The van der Waals surface area contributed by atoms with Crippen LogP contribution in [0.15, 0.2) is 18.2 Å². The fourth-order valence-corrected chi connectivity index (χ4v) is 3.73. The number of amides is 4. The number of carbonyl (C=O) groups excluding carboxylic acids is 4. The molecule has 1 saturated carbocycles. The van der Waals surface area contributed by atoms with E-state index >= 15 is 0 Å². The van der Waals surface area contributed by atoms with E-state index in [9.17, 15) is 24.0 Å². The summed E-state index contributed by atoms with van der Waals surface area (Å²) in [4.78, 5) is 60.5. The number of benzene rings is 1. The van der Waals surface area contributed by atoms with E-state index in [1.165, 1.54) is 6.07 Å². The van der Waals surface area contributed by atoms with Crippen molar-refractivity contribution in [2.24, 2.45) is 5.92 Å². The number of piperidine rings is 1. The Balaban J connectivity index is 1.51. The van der Waals surface area contributed by atoms with Crippen LogP contribution in [0, 0.1) is 5.92 Å². The highest BCUT2D eigenvalue weighted by molar-refractivity contribution is 6.23. The molecule has 1 atom stereocenters. The van der Waals surface area contributed by atoms with Gasteiger partial charge in [0.05, 0.1) is 17.0 Å². The molecular formula is C18H17N3O6. The van der Waals surface area contributed by atoms with Gasteiger partial charge in [-0.15, -0.1) is 0 Å². The van der Waals surface area contributed by atoms with E-state index < -0.39 is 35.6 Å². The molecule has 4 amide bonds. The predicted molar refractivity (Wildman–Crippen MR) is 90.9 cm³/mol. The third kappa shape index (κ3) is 2.84. The molecule has 3 N–H and O–H groups in total. The van der Waals surface area contributed by atoms with E-state index in [1.807, 2.05) is 0 Å². The smallest absolute Gasteiger partial charge is 0.306 e. The van der Waals surface area contributed by atoms with Gasteiger partial charge in [-0.1, -0.05) is 0 Å². The van der Waals surface area contributed by atoms with Crippen LogP contribution >= 0.6 is 0 Å². The number of anilines is 1. The second-order valence-electron chi connectivity index (χ2n) is 7.06. The summed E-state index contributed by atoms with van der Waals surface area (Å²) in [5, 5.41) is 14.3. The van der Waals surface area contributed by atoms with Crippen molar-refractivity contribution in [3.05, 3.63) is 29.3 Å². The average molecular weight is 371 g/mol. The highest BCUT2D eigenvalue weighted by atomic mass is 16.4. The summed E-state index contributed by atoms with van der Waals surface area (Å²) in [5.74, 6) is -3.35. The number of hydrogen-bond donors (Lipinski definition) is 3. The first kappa shape index (κ1) is 17.2. The van der Waals surface area contributed by atoms with Crippen LogP contribution in [0.3, 0.4) is 0 Å². The Hall–Kier alpha value is -3.23. The minimum absolute atomic E-state index is 0.00240. The highest BCUT2D eigenvalue weighted by Crippen LogP contribution is 2.33. The minimum Gasteiger partial charge on any atom is -0.481 e. The molecule has 1 aliphatic carbocycles. The van der Waals surface area contributed by atoms with Gasteiger partial charge < -0.3 is 10.4 Å². The summed E-state index contributed by atoms with van der Waals surface area (Å²) in [5.41, 5.74) is 1.03. The van der Waals surface area contributed by atoms with Crippen LogP contribution in [0.1, 0.15) is 46.4 Å². The maximum Gasteiger partial charge on any atom is 0.306 e. The van der Waals surface area contributed by atoms with E-state index in [2.05, 4.69) is 10.6 Å². The van der Waals surface area contributed by atoms with Crippen molar-refractivity contribution >= 4 is 35.3 Å². The van der Waals surface area contributed by atoms with Crippen LogP contribution in [0.2, 0.25) is 0 Å². The number of rotatable bonds is 4. The molecule has 9 heteroatoms. The van der Waals surface area contributed by atoms with Crippen molar-refractivity contribution in [2.45, 2.75) is 37.8 Å². The molecule has 4 rings (SSSR count). The van der Waals surface area contributed by atoms with Crippen molar-refractivity contribution in [2.75, 3.05) is 5.32 Å². The molecule has 3 aliphatic rings. The lowest BCUT2D eigenvalue weighted by Gasteiger charge is -2.33. The summed E-state index contributed by atoms with van der Waals surface area (Å²) in [6.07, 6.45) is 1.19. The first-order valence-electron chi connectivity index (χ1n) is 8.70. The van der Waals surface area contributed by atoms with Crippen LogP contribution in [-0.2, 0) is 14.4 Å². The van der Waals surface area contributed by atoms with Gasteiger partial charge in [0, 0.05) is 18.2 Å². The summed E-state index contributed by atoms with van der Waals surface area (Å²) in [6.45, 7) is 0. The lowest BCUT2D eigenvalue weighted by molar-refractivity contribution is -0.144. The average Bonchev–Trinajstić information content (AvgIpc) is 2.82. The van der Waals surface area contributed by atoms with Gasteiger partial charge in [-0.2, -0.15) is 0 Å². The Morgan fingerprint density at radius 1 is 1.11 bits per heavy atom. The Labute approximate surface area is 153 Å². The topological polar surface area (TPSA) is 133 Å². The first-order chi connectivity index (χ1) is 12.8. The Kier molecular flexibility index (Phi) is 3.94. The molecule has 140 valence electrons. The molecule has 0 radical (unpaired) electrons. The second kappa shape index (κ2) is 6.19. The van der Waals surface area contributed by atoms with Crippen LogP contribution in [0.25, 0.3) is 0 Å². The summed E-state index contributed by atoms with van der Waals surface area (Å²) < 4.78 is 0. The highest BCUT2D eigenvalue weighted by Gasteiger charge is 2.44. The molecule has 1 aromatic carbocycles. The molecule has 1 aromatic rings. The zero-order chi connectivity index (χ0) is 19.3. The molecule has 1 unspecified atom stereocenters. The third-order valence-electron chi connectivity index (χ3n) is 5.30. The van der Waals surface area contributed by atoms with E-state index in [-0.39, 0.29) is 35.9 Å². The molecule has 0 aromatic heterocycles. The number of nitrogens with zero attached hydrogens (tertiary/aromatic N) is 1. The van der Waals surface area contributed by atoms with Crippen LogP contribution in [0.5, 0.6) is 0 Å². The van der Waals surface area contributed by atoms with Gasteiger partial charge in [0.1, 0.15) is 6.04 Å². The summed E-state index contributed by atoms with van der Waals surface area (Å²) >= 11 is 0. The molecule has 2 aliphatic heterocycles. The summed E-state index contributed by atoms with van der Waals surface area (Å²) in [6, 6.07) is 3.75. The standard InChI is InChI=1S/C18H17N3O6/c22-14-4-3-13(15(23)20-14)21-16(24)11-2-1-9(7-12(11)17(21)25)19-10-5-8(6-10)18(26)27/h1-2,7-8,10,13,19H,3-6H2,(H,26,27)(H,20,22,23). The molecule has 27 heavy (non-hydrogen) atoms. The van der Waals surface area contributed by atoms with Crippen molar-refractivity contribution in [1.29, 1.82) is 0 Å². The predicted octanol–water partition coefficient (Wildman–Crippen LogP) is 0.363. The Morgan fingerprint density at radius 2 is 1.81 bits per heavy atom. The largest absolute Gasteiger partial charge is 0.481 e. The maximum absolute atomic E-state index is 12.7. The van der Waals surface area contributed by atoms with Crippen LogP contribution in [-0.4, -0.2) is 51.7 Å². The van der Waals surface area contributed by atoms with Gasteiger partial charge in [0.25, 0.3) is 11.8 Å². The number of carboxylic acid groups (broad SMARTS) is 1. The zero-order valence-corrected chi connectivity index (χ0v) is 14.2. The van der Waals surface area contributed by atoms with Gasteiger partial charge in [0.2, 0.25) is 11.8 Å². The fourth-order valence-electron chi connectivity index (χ4n) is 3.73. The molecule has 2 fully saturated rings. The maximum atomic E-state index is 12.7. The van der Waals surface area contributed by atoms with Crippen molar-refractivity contribution < 1.29 is 29.1 Å². The number of aliphatic carboxylic acids is 1. The lowest BCUT2D eigenvalue weighted by Crippen LogP contribution is -2.54. The zero-order valence-electron chi connectivity index (χ0n) is 14.2. The van der Waals surface area contributed by atoms with Gasteiger partial charge in [0.15, 0.2) is 0 Å². The third-order valence-corrected chi connectivity index (χ3v) is 5.30. The number of fused-ring (bicyclic) bond motifs is 1. The first-order valence-corrected chi connectivity index (χ1v) is 8.70. The quantitative estimate of drug-likeness (QED) is 0.651. The number of hydrogen-bond acceptors (Lipinski definition) is 6. The number of carboxylic acids is 1. The van der Waals surface area contributed by atoms with Crippen LogP contribution < -0.4 is 10.6 Å². The van der Waals surface area contributed by atoms with E-state index in [1.54, 1.807) is 12.1 Å².